The quantitative estimate of drug-likeness (QED) is 0.835. The maximum Gasteiger partial charge on any atom is 0.237 e. The van der Waals surface area contributed by atoms with E-state index in [1.807, 2.05) is 6.92 Å². The van der Waals surface area contributed by atoms with E-state index in [0.29, 0.717) is 11.0 Å². The van der Waals surface area contributed by atoms with Crippen molar-refractivity contribution in [3.8, 4) is 0 Å². The van der Waals surface area contributed by atoms with Crippen LogP contribution >= 0.6 is 23.1 Å². The summed E-state index contributed by atoms with van der Waals surface area (Å²) in [5.74, 6) is 0.489. The maximum atomic E-state index is 11.6. The number of nitrogens with one attached hydrogen (secondary N) is 1. The van der Waals surface area contributed by atoms with Gasteiger partial charge in [0.25, 0.3) is 0 Å². The first-order chi connectivity index (χ1) is 8.54. The number of thioether (sulfide) groups is 1. The normalized spacial score (nSPS) is 10.6. The number of carbonyl (C=O) groups is 1. The van der Waals surface area contributed by atoms with E-state index in [2.05, 4.69) is 15.5 Å². The van der Waals surface area contributed by atoms with Crippen molar-refractivity contribution in [2.45, 2.75) is 18.1 Å². The van der Waals surface area contributed by atoms with Gasteiger partial charge in [-0.05, 0) is 13.8 Å². The van der Waals surface area contributed by atoms with Gasteiger partial charge < -0.3 is 10.3 Å². The van der Waals surface area contributed by atoms with Crippen molar-refractivity contribution in [2.24, 2.45) is 0 Å². The van der Waals surface area contributed by atoms with Crippen LogP contribution in [0, 0.1) is 13.8 Å². The van der Waals surface area contributed by atoms with Crippen molar-refractivity contribution in [3.63, 3.8) is 0 Å². The fraction of sp³-hybridized carbons (Fsp3) is 0.300. The van der Waals surface area contributed by atoms with E-state index < -0.39 is 0 Å². The van der Waals surface area contributed by atoms with Crippen LogP contribution in [0.1, 0.15) is 11.4 Å². The molecule has 0 aliphatic heterocycles. The largest absolute Gasteiger partial charge is 0.375 e. The molecule has 6 nitrogen and oxygen atoms in total. The van der Waals surface area contributed by atoms with Crippen molar-refractivity contribution in [1.82, 2.24) is 10.1 Å². The predicted molar refractivity (Wildman–Crippen MR) is 71.9 cm³/mol. The topological polar surface area (TPSA) is 94.0 Å². The highest BCUT2D eigenvalue weighted by Crippen LogP contribution is 2.30. The molecule has 0 saturated heterocycles. The molecule has 2 aromatic rings. The van der Waals surface area contributed by atoms with Gasteiger partial charge in [0.15, 0.2) is 5.13 Å². The Balaban J connectivity index is 1.87. The van der Waals surface area contributed by atoms with E-state index in [0.717, 1.165) is 15.6 Å². The molecular weight excluding hydrogens is 272 g/mol. The van der Waals surface area contributed by atoms with Crippen LogP contribution in [0.15, 0.2) is 14.8 Å². The number of aromatic nitrogens is 2. The van der Waals surface area contributed by atoms with Gasteiger partial charge in [-0.25, -0.2) is 4.98 Å². The number of nitrogens with zero attached hydrogens (tertiary/aromatic N) is 2. The van der Waals surface area contributed by atoms with Gasteiger partial charge in [0.2, 0.25) is 11.8 Å². The smallest absolute Gasteiger partial charge is 0.237 e. The van der Waals surface area contributed by atoms with Gasteiger partial charge in [0, 0.05) is 6.07 Å². The maximum absolute atomic E-state index is 11.6. The molecule has 0 aromatic carbocycles. The molecule has 0 radical (unpaired) electrons. The second-order valence-corrected chi connectivity index (χ2v) is 5.87. The lowest BCUT2D eigenvalue weighted by atomic mass is 10.5. The number of thiazole rings is 1. The van der Waals surface area contributed by atoms with Crippen molar-refractivity contribution in [1.29, 1.82) is 0 Å². The summed E-state index contributed by atoms with van der Waals surface area (Å²) in [5.41, 5.74) is 7.16. The first-order valence-electron chi connectivity index (χ1n) is 5.13. The lowest BCUT2D eigenvalue weighted by Gasteiger charge is -1.99. The number of hydrogen-bond donors (Lipinski definition) is 2. The number of aryl methyl sites for hydroxylation is 2. The van der Waals surface area contributed by atoms with Crippen LogP contribution in [0.4, 0.5) is 11.0 Å². The lowest BCUT2D eigenvalue weighted by molar-refractivity contribution is -0.113. The van der Waals surface area contributed by atoms with Crippen LogP contribution in [0.5, 0.6) is 0 Å². The average Bonchev–Trinajstić information content (AvgIpc) is 2.82. The van der Waals surface area contributed by atoms with Gasteiger partial charge in [-0.2, -0.15) is 0 Å². The van der Waals surface area contributed by atoms with E-state index in [1.165, 1.54) is 23.1 Å². The molecule has 0 aliphatic rings. The number of carbonyl (C=O) groups excluding carboxylic acids is 1. The van der Waals surface area contributed by atoms with Crippen molar-refractivity contribution >= 4 is 40.0 Å². The molecule has 2 rings (SSSR count). The molecule has 0 bridgehead atoms. The third-order valence-corrected chi connectivity index (χ3v) is 4.34. The molecule has 8 heteroatoms. The molecule has 0 unspecified atom stereocenters. The fourth-order valence-electron chi connectivity index (χ4n) is 1.26. The Morgan fingerprint density at radius 3 is 2.94 bits per heavy atom. The molecule has 2 heterocycles. The Morgan fingerprint density at radius 1 is 1.61 bits per heavy atom. The molecule has 0 saturated carbocycles. The summed E-state index contributed by atoms with van der Waals surface area (Å²) in [6, 6.07) is 1.67. The predicted octanol–water partition coefficient (Wildman–Crippen LogP) is 2.06. The highest BCUT2D eigenvalue weighted by Gasteiger charge is 2.10. The third-order valence-electron chi connectivity index (χ3n) is 2.00. The van der Waals surface area contributed by atoms with E-state index in [1.54, 1.807) is 13.0 Å². The first kappa shape index (κ1) is 12.9. The minimum atomic E-state index is -0.150. The summed E-state index contributed by atoms with van der Waals surface area (Å²) in [4.78, 5) is 15.7. The Morgan fingerprint density at radius 2 is 2.39 bits per heavy atom. The molecule has 0 spiro atoms. The highest BCUT2D eigenvalue weighted by atomic mass is 32.2. The van der Waals surface area contributed by atoms with Gasteiger partial charge in [0.05, 0.1) is 21.3 Å². The second-order valence-electron chi connectivity index (χ2n) is 3.59. The zero-order chi connectivity index (χ0) is 13.1. The van der Waals surface area contributed by atoms with Gasteiger partial charge in [-0.1, -0.05) is 16.5 Å². The summed E-state index contributed by atoms with van der Waals surface area (Å²) >= 11 is 2.78. The minimum Gasteiger partial charge on any atom is -0.375 e. The number of amides is 1. The summed E-state index contributed by atoms with van der Waals surface area (Å²) < 4.78 is 5.85. The molecule has 96 valence electrons. The minimum absolute atomic E-state index is 0.150. The zero-order valence-corrected chi connectivity index (χ0v) is 11.5. The van der Waals surface area contributed by atoms with Crippen LogP contribution in [0.2, 0.25) is 0 Å². The lowest BCUT2D eigenvalue weighted by Crippen LogP contribution is -2.13. The van der Waals surface area contributed by atoms with E-state index in [-0.39, 0.29) is 11.7 Å². The number of nitrogens with two attached hydrogens (primary N) is 1. The van der Waals surface area contributed by atoms with Gasteiger partial charge in [-0.15, -0.1) is 11.8 Å². The van der Waals surface area contributed by atoms with Crippen LogP contribution in [0.25, 0.3) is 0 Å². The van der Waals surface area contributed by atoms with E-state index in [9.17, 15) is 4.79 Å². The van der Waals surface area contributed by atoms with Gasteiger partial charge in [0.1, 0.15) is 0 Å². The fourth-order valence-corrected chi connectivity index (χ4v) is 3.09. The van der Waals surface area contributed by atoms with Gasteiger partial charge in [-0.3, -0.25) is 10.1 Å². The van der Waals surface area contributed by atoms with Crippen molar-refractivity contribution < 1.29 is 9.32 Å². The number of rotatable bonds is 4. The molecule has 1 amide bonds. The molecule has 0 atom stereocenters. The van der Waals surface area contributed by atoms with Gasteiger partial charge >= 0.3 is 0 Å². The summed E-state index contributed by atoms with van der Waals surface area (Å²) in [7, 11) is 0. The molecular formula is C10H12N4O2S2. The third kappa shape index (κ3) is 3.23. The highest BCUT2D eigenvalue weighted by molar-refractivity contribution is 8.01. The second kappa shape index (κ2) is 5.40. The van der Waals surface area contributed by atoms with Crippen molar-refractivity contribution in [2.75, 3.05) is 16.8 Å². The number of hydrogen-bond acceptors (Lipinski definition) is 7. The van der Waals surface area contributed by atoms with E-state index in [4.69, 9.17) is 10.3 Å². The molecule has 2 aromatic heterocycles. The van der Waals surface area contributed by atoms with Crippen LogP contribution in [0.3, 0.4) is 0 Å². The van der Waals surface area contributed by atoms with Crippen LogP contribution in [-0.2, 0) is 4.79 Å². The zero-order valence-electron chi connectivity index (χ0n) is 9.89. The average molecular weight is 284 g/mol. The summed E-state index contributed by atoms with van der Waals surface area (Å²) in [6.45, 7) is 3.66. The molecule has 0 aliphatic carbocycles. The Hall–Kier alpha value is -1.54. The molecule has 3 N–H and O–H groups in total. The molecule has 18 heavy (non-hydrogen) atoms. The van der Waals surface area contributed by atoms with Crippen LogP contribution in [-0.4, -0.2) is 21.8 Å². The Labute approximate surface area is 112 Å². The number of nitrogen functional groups attached to an aromatic ring is 1. The van der Waals surface area contributed by atoms with E-state index >= 15 is 0 Å². The monoisotopic (exact) mass is 284 g/mol. The standard InChI is InChI=1S/C10H12N4O2S2/c1-5-3-8(16-14-5)13-7(15)4-17-9-6(2)12-10(11)18-9/h3H,4H2,1-2H3,(H2,11,12)(H,13,15). The van der Waals surface area contributed by atoms with Crippen molar-refractivity contribution in [3.05, 3.63) is 17.5 Å². The first-order valence-corrected chi connectivity index (χ1v) is 6.93. The Kier molecular flexibility index (Phi) is 3.87. The summed E-state index contributed by atoms with van der Waals surface area (Å²) in [6.07, 6.45) is 0. The molecule has 0 fully saturated rings. The SMILES string of the molecule is Cc1cc(NC(=O)CSc2sc(N)nc2C)on1. The van der Waals surface area contributed by atoms with Crippen LogP contribution < -0.4 is 11.1 Å². The summed E-state index contributed by atoms with van der Waals surface area (Å²) in [5, 5.41) is 6.82. The Bertz CT molecular complexity index is 564. The number of anilines is 2.